The molecule has 0 aromatic rings. The second-order valence-electron chi connectivity index (χ2n) is 4.74. The third-order valence-corrected chi connectivity index (χ3v) is 3.50. The van der Waals surface area contributed by atoms with Gasteiger partial charge in [-0.05, 0) is 17.8 Å². The van der Waals surface area contributed by atoms with E-state index in [0.717, 1.165) is 0 Å². The van der Waals surface area contributed by atoms with Gasteiger partial charge >= 0.3 is 5.97 Å². The van der Waals surface area contributed by atoms with Crippen molar-refractivity contribution in [2.24, 2.45) is 23.7 Å². The van der Waals surface area contributed by atoms with Gasteiger partial charge in [0.1, 0.15) is 0 Å². The van der Waals surface area contributed by atoms with Crippen molar-refractivity contribution in [2.45, 2.75) is 40.5 Å². The number of esters is 1. The number of hydrogen-bond donors (Lipinski definition) is 0. The molecule has 1 fully saturated rings. The van der Waals surface area contributed by atoms with Crippen molar-refractivity contribution in [3.05, 3.63) is 0 Å². The average Bonchev–Trinajstić information content (AvgIpc) is 2.13. The summed E-state index contributed by atoms with van der Waals surface area (Å²) in [7, 11) is 0. The van der Waals surface area contributed by atoms with Gasteiger partial charge in [-0.2, -0.15) is 0 Å². The Hall–Kier alpha value is -0.530. The van der Waals surface area contributed by atoms with Gasteiger partial charge in [-0.25, -0.2) is 0 Å². The largest absolute Gasteiger partial charge is 0.465 e. The van der Waals surface area contributed by atoms with E-state index in [4.69, 9.17) is 4.74 Å². The van der Waals surface area contributed by atoms with Crippen LogP contribution in [0.15, 0.2) is 0 Å². The van der Waals surface area contributed by atoms with Crippen LogP contribution in [0.2, 0.25) is 0 Å². The molecule has 2 nitrogen and oxygen atoms in total. The first-order chi connectivity index (χ1) is 6.57. The predicted molar refractivity (Wildman–Crippen MR) is 56.8 cm³/mol. The Balaban J connectivity index is 2.66. The maximum atomic E-state index is 11.4. The SMILES string of the molecule is CCCC(C)C1C(C)COC(=O)C1C. The van der Waals surface area contributed by atoms with E-state index in [9.17, 15) is 4.79 Å². The van der Waals surface area contributed by atoms with Crippen molar-refractivity contribution >= 4 is 5.97 Å². The van der Waals surface area contributed by atoms with Crippen LogP contribution < -0.4 is 0 Å². The van der Waals surface area contributed by atoms with E-state index in [2.05, 4.69) is 20.8 Å². The van der Waals surface area contributed by atoms with Crippen molar-refractivity contribution in [1.82, 2.24) is 0 Å². The summed E-state index contributed by atoms with van der Waals surface area (Å²) in [6.45, 7) is 9.28. The molecule has 2 heteroatoms. The highest BCUT2D eigenvalue weighted by Crippen LogP contribution is 2.35. The summed E-state index contributed by atoms with van der Waals surface area (Å²) in [5, 5.41) is 0. The zero-order valence-electron chi connectivity index (χ0n) is 9.75. The number of cyclic esters (lactones) is 1. The first-order valence-electron chi connectivity index (χ1n) is 5.74. The summed E-state index contributed by atoms with van der Waals surface area (Å²) in [6, 6.07) is 0. The molecule has 1 saturated heterocycles. The molecule has 82 valence electrons. The quantitative estimate of drug-likeness (QED) is 0.652. The van der Waals surface area contributed by atoms with Crippen LogP contribution >= 0.6 is 0 Å². The fraction of sp³-hybridized carbons (Fsp3) is 0.917. The molecule has 0 saturated carbocycles. The first-order valence-corrected chi connectivity index (χ1v) is 5.74. The second kappa shape index (κ2) is 4.81. The number of ether oxygens (including phenoxy) is 1. The van der Waals surface area contributed by atoms with Gasteiger partial charge in [0, 0.05) is 0 Å². The van der Waals surface area contributed by atoms with Gasteiger partial charge in [0.05, 0.1) is 12.5 Å². The number of carbonyl (C=O) groups is 1. The molecule has 0 radical (unpaired) electrons. The van der Waals surface area contributed by atoms with Gasteiger partial charge in [-0.1, -0.05) is 40.5 Å². The Morgan fingerprint density at radius 1 is 1.50 bits per heavy atom. The lowest BCUT2D eigenvalue weighted by atomic mass is 9.73. The van der Waals surface area contributed by atoms with Gasteiger partial charge < -0.3 is 4.74 Å². The second-order valence-corrected chi connectivity index (χ2v) is 4.74. The summed E-state index contributed by atoms with van der Waals surface area (Å²) >= 11 is 0. The molecule has 0 spiro atoms. The summed E-state index contributed by atoms with van der Waals surface area (Å²) < 4.78 is 5.12. The maximum absolute atomic E-state index is 11.4. The Morgan fingerprint density at radius 2 is 2.14 bits per heavy atom. The molecule has 1 rings (SSSR count). The summed E-state index contributed by atoms with van der Waals surface area (Å²) in [6.07, 6.45) is 2.42. The molecule has 1 aliphatic heterocycles. The van der Waals surface area contributed by atoms with Crippen molar-refractivity contribution in [3.63, 3.8) is 0 Å². The smallest absolute Gasteiger partial charge is 0.308 e. The fourth-order valence-corrected chi connectivity index (χ4v) is 2.81. The Bertz CT molecular complexity index is 200. The van der Waals surface area contributed by atoms with Gasteiger partial charge in [0.15, 0.2) is 0 Å². The van der Waals surface area contributed by atoms with Crippen LogP contribution in [0.3, 0.4) is 0 Å². The van der Waals surface area contributed by atoms with Crippen molar-refractivity contribution in [1.29, 1.82) is 0 Å². The third-order valence-electron chi connectivity index (χ3n) is 3.50. The van der Waals surface area contributed by atoms with E-state index >= 15 is 0 Å². The normalized spacial score (nSPS) is 35.1. The van der Waals surface area contributed by atoms with E-state index in [1.807, 2.05) is 6.92 Å². The zero-order valence-corrected chi connectivity index (χ0v) is 9.75. The maximum Gasteiger partial charge on any atom is 0.308 e. The molecular formula is C12H22O2. The lowest BCUT2D eigenvalue weighted by molar-refractivity contribution is -0.161. The highest BCUT2D eigenvalue weighted by molar-refractivity contribution is 5.73. The Morgan fingerprint density at radius 3 is 2.71 bits per heavy atom. The minimum atomic E-state index is -0.00365. The van der Waals surface area contributed by atoms with Crippen LogP contribution in [0.5, 0.6) is 0 Å². The van der Waals surface area contributed by atoms with E-state index in [1.165, 1.54) is 12.8 Å². The molecule has 1 aliphatic rings. The number of hydrogen-bond acceptors (Lipinski definition) is 2. The molecule has 0 N–H and O–H groups in total. The zero-order chi connectivity index (χ0) is 10.7. The molecule has 4 atom stereocenters. The van der Waals surface area contributed by atoms with Crippen LogP contribution in [-0.4, -0.2) is 12.6 Å². The molecule has 0 aromatic carbocycles. The van der Waals surface area contributed by atoms with Gasteiger partial charge in [-0.15, -0.1) is 0 Å². The summed E-state index contributed by atoms with van der Waals surface area (Å²) in [5.74, 6) is 1.75. The molecule has 0 amide bonds. The summed E-state index contributed by atoms with van der Waals surface area (Å²) in [5.41, 5.74) is 0. The molecule has 0 bridgehead atoms. The molecule has 4 unspecified atom stereocenters. The lowest BCUT2D eigenvalue weighted by Crippen LogP contribution is -2.40. The molecule has 0 aromatic heterocycles. The van der Waals surface area contributed by atoms with Crippen LogP contribution in [0.25, 0.3) is 0 Å². The van der Waals surface area contributed by atoms with Crippen LogP contribution in [0.1, 0.15) is 40.5 Å². The predicted octanol–water partition coefficient (Wildman–Crippen LogP) is 2.87. The van der Waals surface area contributed by atoms with E-state index in [0.29, 0.717) is 24.4 Å². The minimum absolute atomic E-state index is 0.00365. The van der Waals surface area contributed by atoms with Crippen molar-refractivity contribution < 1.29 is 9.53 Å². The average molecular weight is 198 g/mol. The van der Waals surface area contributed by atoms with Gasteiger partial charge in [0.2, 0.25) is 0 Å². The first kappa shape index (κ1) is 11.5. The van der Waals surface area contributed by atoms with E-state index in [1.54, 1.807) is 0 Å². The summed E-state index contributed by atoms with van der Waals surface area (Å²) in [4.78, 5) is 11.4. The van der Waals surface area contributed by atoms with Crippen LogP contribution in [0.4, 0.5) is 0 Å². The minimum Gasteiger partial charge on any atom is -0.465 e. The van der Waals surface area contributed by atoms with E-state index in [-0.39, 0.29) is 11.9 Å². The number of carbonyl (C=O) groups excluding carboxylic acids is 1. The number of rotatable bonds is 3. The highest BCUT2D eigenvalue weighted by atomic mass is 16.5. The highest BCUT2D eigenvalue weighted by Gasteiger charge is 2.37. The fourth-order valence-electron chi connectivity index (χ4n) is 2.81. The molecular weight excluding hydrogens is 176 g/mol. The molecule has 1 heterocycles. The Kier molecular flexibility index (Phi) is 3.97. The third kappa shape index (κ3) is 2.28. The lowest BCUT2D eigenvalue weighted by Gasteiger charge is -2.37. The monoisotopic (exact) mass is 198 g/mol. The van der Waals surface area contributed by atoms with Crippen LogP contribution in [0, 0.1) is 23.7 Å². The van der Waals surface area contributed by atoms with Crippen molar-refractivity contribution in [2.75, 3.05) is 6.61 Å². The van der Waals surface area contributed by atoms with Crippen molar-refractivity contribution in [3.8, 4) is 0 Å². The van der Waals surface area contributed by atoms with E-state index < -0.39 is 0 Å². The molecule has 14 heavy (non-hydrogen) atoms. The molecule has 0 aliphatic carbocycles. The standard InChI is InChI=1S/C12H22O2/c1-5-6-8(2)11-9(3)7-14-12(13)10(11)4/h8-11H,5-7H2,1-4H3. The van der Waals surface area contributed by atoms with Crippen LogP contribution in [-0.2, 0) is 9.53 Å². The Labute approximate surface area is 87.0 Å². The van der Waals surface area contributed by atoms with Gasteiger partial charge in [-0.3, -0.25) is 4.79 Å². The van der Waals surface area contributed by atoms with Gasteiger partial charge in [0.25, 0.3) is 0 Å². The topological polar surface area (TPSA) is 26.3 Å².